The molecule has 1 aromatic heterocycles. The van der Waals surface area contributed by atoms with Crippen LogP contribution in [0, 0.1) is 0 Å². The van der Waals surface area contributed by atoms with Crippen molar-refractivity contribution in [2.45, 2.75) is 0 Å². The minimum atomic E-state index is 1.06. The summed E-state index contributed by atoms with van der Waals surface area (Å²) in [6.45, 7) is 0. The minimum absolute atomic E-state index is 1.06. The van der Waals surface area contributed by atoms with Crippen molar-refractivity contribution in [3.05, 3.63) is 140 Å². The zero-order chi connectivity index (χ0) is 25.8. The van der Waals surface area contributed by atoms with Gasteiger partial charge < -0.3 is 0 Å². The molecule has 0 N–H and O–H groups in total. The average Bonchev–Trinajstić information content (AvgIpc) is 3.46. The van der Waals surface area contributed by atoms with Crippen molar-refractivity contribution in [2.24, 2.45) is 0 Å². The van der Waals surface area contributed by atoms with Crippen LogP contribution >= 0.6 is 11.3 Å². The summed E-state index contributed by atoms with van der Waals surface area (Å²) in [6, 6.07) is 50.4. The number of rotatable bonds is 3. The number of hydrogen-bond acceptors (Lipinski definition) is 2. The molecule has 39 heavy (non-hydrogen) atoms. The number of hydrogen-bond donors (Lipinski definition) is 0. The molecule has 8 rings (SSSR count). The van der Waals surface area contributed by atoms with Crippen LogP contribution in [0.25, 0.3) is 75.4 Å². The van der Waals surface area contributed by atoms with E-state index in [2.05, 4.69) is 133 Å². The van der Waals surface area contributed by atoms with Gasteiger partial charge in [0.25, 0.3) is 0 Å². The van der Waals surface area contributed by atoms with Gasteiger partial charge in [-0.2, -0.15) is 0 Å². The van der Waals surface area contributed by atoms with Crippen LogP contribution in [0.15, 0.2) is 140 Å². The zero-order valence-electron chi connectivity index (χ0n) is 21.1. The molecule has 0 unspecified atom stereocenters. The Hall–Kier alpha value is -4.79. The fraction of sp³-hybridized carbons (Fsp3) is 0. The van der Waals surface area contributed by atoms with Gasteiger partial charge >= 0.3 is 0 Å². The third kappa shape index (κ3) is 3.72. The lowest BCUT2D eigenvalue weighted by molar-refractivity contribution is 1.47. The summed E-state index contributed by atoms with van der Waals surface area (Å²) in [4.78, 5) is 4.81. The lowest BCUT2D eigenvalue weighted by Crippen LogP contribution is -1.85. The standard InChI is InChI=1S/C37H23NS/c1-2-9-31-29(7-1)30-8-3-4-10-32(30)34-23-28(21-22-33(31)34)26-15-13-24(14-16-26)25-17-19-27(20-18-25)37-38-35-11-5-6-12-36(35)39-37/h1-23H. The van der Waals surface area contributed by atoms with Crippen LogP contribution in [0.2, 0.25) is 0 Å². The molecule has 0 atom stereocenters. The van der Waals surface area contributed by atoms with Gasteiger partial charge in [-0.15, -0.1) is 11.3 Å². The topological polar surface area (TPSA) is 12.9 Å². The van der Waals surface area contributed by atoms with E-state index in [1.54, 1.807) is 11.3 Å². The number of nitrogens with zero attached hydrogens (tertiary/aromatic N) is 1. The van der Waals surface area contributed by atoms with Gasteiger partial charge in [0.15, 0.2) is 0 Å². The van der Waals surface area contributed by atoms with E-state index in [-0.39, 0.29) is 0 Å². The molecule has 0 spiro atoms. The molecule has 2 heteroatoms. The Kier molecular flexibility index (Phi) is 5.07. The first-order valence-corrected chi connectivity index (χ1v) is 14.0. The van der Waals surface area contributed by atoms with Crippen molar-refractivity contribution in [2.75, 3.05) is 0 Å². The van der Waals surface area contributed by atoms with E-state index < -0.39 is 0 Å². The molecule has 1 nitrogen and oxygen atoms in total. The maximum absolute atomic E-state index is 4.81. The van der Waals surface area contributed by atoms with E-state index in [0.717, 1.165) is 16.1 Å². The normalized spacial score (nSPS) is 11.6. The van der Waals surface area contributed by atoms with Gasteiger partial charge in [0.05, 0.1) is 10.2 Å². The second-order valence-electron chi connectivity index (χ2n) is 9.99. The highest BCUT2D eigenvalue weighted by Crippen LogP contribution is 2.37. The predicted molar refractivity (Wildman–Crippen MR) is 168 cm³/mol. The summed E-state index contributed by atoms with van der Waals surface area (Å²) in [7, 11) is 0. The average molecular weight is 514 g/mol. The Morgan fingerprint density at radius 2 is 0.795 bits per heavy atom. The van der Waals surface area contributed by atoms with E-state index >= 15 is 0 Å². The molecule has 0 bridgehead atoms. The van der Waals surface area contributed by atoms with Crippen molar-refractivity contribution >= 4 is 53.9 Å². The molecule has 8 aromatic rings. The fourth-order valence-electron chi connectivity index (χ4n) is 5.74. The van der Waals surface area contributed by atoms with Crippen LogP contribution in [0.3, 0.4) is 0 Å². The Morgan fingerprint density at radius 3 is 1.38 bits per heavy atom. The lowest BCUT2D eigenvalue weighted by Gasteiger charge is -2.12. The maximum atomic E-state index is 4.81. The fourth-order valence-corrected chi connectivity index (χ4v) is 6.71. The third-order valence-electron chi connectivity index (χ3n) is 7.72. The monoisotopic (exact) mass is 513 g/mol. The van der Waals surface area contributed by atoms with Gasteiger partial charge in [0, 0.05) is 5.56 Å². The van der Waals surface area contributed by atoms with E-state index in [4.69, 9.17) is 4.98 Å². The molecular weight excluding hydrogens is 490 g/mol. The number of fused-ring (bicyclic) bond motifs is 7. The Morgan fingerprint density at radius 1 is 0.359 bits per heavy atom. The second-order valence-corrected chi connectivity index (χ2v) is 11.0. The van der Waals surface area contributed by atoms with Crippen molar-refractivity contribution in [1.29, 1.82) is 0 Å². The van der Waals surface area contributed by atoms with Gasteiger partial charge in [0.1, 0.15) is 5.01 Å². The van der Waals surface area contributed by atoms with E-state index in [1.165, 1.54) is 59.3 Å². The highest BCUT2D eigenvalue weighted by Gasteiger charge is 2.10. The van der Waals surface area contributed by atoms with Crippen LogP contribution in [0.4, 0.5) is 0 Å². The maximum Gasteiger partial charge on any atom is 0.124 e. The van der Waals surface area contributed by atoms with Crippen LogP contribution in [-0.4, -0.2) is 4.98 Å². The quantitative estimate of drug-likeness (QED) is 0.214. The first-order valence-electron chi connectivity index (χ1n) is 13.2. The lowest BCUT2D eigenvalue weighted by atomic mass is 9.92. The molecule has 0 fully saturated rings. The van der Waals surface area contributed by atoms with Crippen molar-refractivity contribution in [3.63, 3.8) is 0 Å². The first kappa shape index (κ1) is 22.2. The molecule has 0 aliphatic rings. The van der Waals surface area contributed by atoms with E-state index in [9.17, 15) is 0 Å². The van der Waals surface area contributed by atoms with Crippen molar-refractivity contribution in [3.8, 4) is 32.8 Å². The number of para-hydroxylation sites is 1. The minimum Gasteiger partial charge on any atom is -0.236 e. The van der Waals surface area contributed by atoms with E-state index in [1.807, 2.05) is 6.07 Å². The molecular formula is C37H23NS. The SMILES string of the molecule is c1ccc2sc(-c3ccc(-c4ccc(-c5ccc6c7ccccc7c7ccccc7c6c5)cc4)cc3)nc2c1. The molecule has 1 heterocycles. The summed E-state index contributed by atoms with van der Waals surface area (Å²) < 4.78 is 1.22. The third-order valence-corrected chi connectivity index (χ3v) is 8.81. The van der Waals surface area contributed by atoms with Gasteiger partial charge in [-0.05, 0) is 72.8 Å². The van der Waals surface area contributed by atoms with Gasteiger partial charge in [-0.1, -0.05) is 121 Å². The summed E-state index contributed by atoms with van der Waals surface area (Å²) >= 11 is 1.74. The number of thiazole rings is 1. The number of aromatic nitrogens is 1. The van der Waals surface area contributed by atoms with Crippen LogP contribution in [-0.2, 0) is 0 Å². The molecule has 0 aliphatic carbocycles. The summed E-state index contributed by atoms with van der Waals surface area (Å²) in [5, 5.41) is 8.90. The van der Waals surface area contributed by atoms with Crippen LogP contribution in [0.1, 0.15) is 0 Å². The molecule has 0 radical (unpaired) electrons. The van der Waals surface area contributed by atoms with E-state index in [0.29, 0.717) is 0 Å². The highest BCUT2D eigenvalue weighted by atomic mass is 32.1. The smallest absolute Gasteiger partial charge is 0.124 e. The van der Waals surface area contributed by atoms with Gasteiger partial charge in [0.2, 0.25) is 0 Å². The van der Waals surface area contributed by atoms with Gasteiger partial charge in [-0.3, -0.25) is 0 Å². The highest BCUT2D eigenvalue weighted by molar-refractivity contribution is 7.21. The molecule has 7 aromatic carbocycles. The summed E-state index contributed by atoms with van der Waals surface area (Å²) in [6.07, 6.45) is 0. The predicted octanol–water partition coefficient (Wildman–Crippen LogP) is 10.8. The molecule has 0 amide bonds. The molecule has 0 saturated heterocycles. The Bertz CT molecular complexity index is 2080. The second kappa shape index (κ2) is 8.90. The Labute approximate surface area is 230 Å². The number of benzene rings is 7. The molecule has 182 valence electrons. The zero-order valence-corrected chi connectivity index (χ0v) is 22.0. The summed E-state index contributed by atoms with van der Waals surface area (Å²) in [5.74, 6) is 0. The van der Waals surface area contributed by atoms with Crippen LogP contribution < -0.4 is 0 Å². The van der Waals surface area contributed by atoms with Crippen molar-refractivity contribution in [1.82, 2.24) is 4.98 Å². The van der Waals surface area contributed by atoms with Gasteiger partial charge in [-0.25, -0.2) is 4.98 Å². The van der Waals surface area contributed by atoms with Crippen molar-refractivity contribution < 1.29 is 0 Å². The molecule has 0 saturated carbocycles. The summed E-state index contributed by atoms with van der Waals surface area (Å²) in [5.41, 5.74) is 7.11. The first-order chi connectivity index (χ1) is 19.3. The molecule has 0 aliphatic heterocycles. The largest absolute Gasteiger partial charge is 0.236 e. The van der Waals surface area contributed by atoms with Crippen LogP contribution in [0.5, 0.6) is 0 Å². The Balaban J connectivity index is 1.15.